The van der Waals surface area contributed by atoms with Gasteiger partial charge in [0.15, 0.2) is 0 Å². The zero-order valence-corrected chi connectivity index (χ0v) is 39.2. The summed E-state index contributed by atoms with van der Waals surface area (Å²) in [5.74, 6) is 0.967. The first-order valence-electron chi connectivity index (χ1n) is 24.0. The molecule has 10 heteroatoms. The Morgan fingerprint density at radius 3 is 1.25 bits per heavy atom. The van der Waals surface area contributed by atoms with Crippen LogP contribution in [-0.4, -0.2) is 70.3 Å². The number of amides is 2. The molecule has 4 aromatic carbocycles. The Labute approximate surface area is 379 Å². The minimum Gasteiger partial charge on any atom is -0.426 e. The number of fused-ring (bicyclic) bond motifs is 4. The maximum atomic E-state index is 13.7. The van der Waals surface area contributed by atoms with Gasteiger partial charge in [-0.05, 0) is 86.4 Å². The number of unbranched alkanes of at least 4 members (excludes halogenated alkanes) is 7. The van der Waals surface area contributed by atoms with Gasteiger partial charge >= 0.3 is 11.9 Å². The van der Waals surface area contributed by atoms with Gasteiger partial charge in [-0.25, -0.2) is 0 Å². The van der Waals surface area contributed by atoms with Gasteiger partial charge in [-0.3, -0.25) is 19.2 Å². The van der Waals surface area contributed by atoms with Crippen molar-refractivity contribution in [2.24, 2.45) is 23.7 Å². The van der Waals surface area contributed by atoms with Crippen molar-refractivity contribution >= 4 is 45.3 Å². The molecule has 4 aliphatic heterocycles. The summed E-state index contributed by atoms with van der Waals surface area (Å²) >= 11 is 0. The summed E-state index contributed by atoms with van der Waals surface area (Å²) in [6, 6.07) is 23.9. The van der Waals surface area contributed by atoms with Gasteiger partial charge in [-0.15, -0.1) is 0 Å². The quantitative estimate of drug-likeness (QED) is 0.0586. The largest absolute Gasteiger partial charge is 0.426 e. The number of ether oxygens (including phenoxy) is 4. The molecule has 8 rings (SSSR count). The molecule has 0 unspecified atom stereocenters. The van der Waals surface area contributed by atoms with E-state index < -0.39 is 11.4 Å². The average molecular weight is 873 g/mol. The highest BCUT2D eigenvalue weighted by atomic mass is 16.5. The fraction of sp³-hybridized carbons (Fsp3) is 0.556. The lowest BCUT2D eigenvalue weighted by Crippen LogP contribution is -2.44. The molecule has 4 saturated heterocycles. The SMILES string of the molecule is CC(C)[C@H]1C(=O)N2[C@H](COC2(C)C)[C@H]1c1ccc(OC(=O)CCCCCCCCCCC(=O)Oc2ccc([C@H]3[C@@H](C(C)C)C(=O)N4[C@@H]3COC4(C)C)c3ccccc23)c2ccccc12. The molecule has 0 radical (unpaired) electrons. The van der Waals surface area contributed by atoms with Crippen molar-refractivity contribution in [3.8, 4) is 11.5 Å². The van der Waals surface area contributed by atoms with Crippen LogP contribution in [0.3, 0.4) is 0 Å². The molecule has 0 bridgehead atoms. The standard InChI is InChI=1S/C54H68N2O8/c1-33(2)47-49(41-31-61-53(5,6)55(41)51(47)59)39-27-29-43(37-23-19-17-21-35(37)39)63-45(57)25-15-13-11-9-10-12-14-16-26-46(58)64-44-30-28-40(36-22-18-20-24-38(36)44)50-42-32-62-54(7,8)56(42)52(60)48(50)34(3)4/h17-24,27-30,33-34,41-42,47-50H,9-16,25-26,31-32H2,1-8H3/t41-,42-,47-,48-,49-,50-/m1/s1. The fourth-order valence-corrected chi connectivity index (χ4v) is 11.7. The highest BCUT2D eigenvalue weighted by Crippen LogP contribution is 2.52. The van der Waals surface area contributed by atoms with Crippen molar-refractivity contribution < 1.29 is 38.1 Å². The normalized spacial score (nSPS) is 24.7. The predicted octanol–water partition coefficient (Wildman–Crippen LogP) is 11.1. The minimum atomic E-state index is -0.633. The summed E-state index contributed by atoms with van der Waals surface area (Å²) in [7, 11) is 0. The molecule has 342 valence electrons. The highest BCUT2D eigenvalue weighted by molar-refractivity contribution is 5.96. The molecule has 4 aliphatic rings. The third-order valence-electron chi connectivity index (χ3n) is 14.6. The number of carbonyl (C=O) groups is 4. The smallest absolute Gasteiger partial charge is 0.311 e. The maximum Gasteiger partial charge on any atom is 0.311 e. The molecule has 64 heavy (non-hydrogen) atoms. The number of nitrogens with zero attached hydrogens (tertiary/aromatic N) is 2. The van der Waals surface area contributed by atoms with Crippen LogP contribution in [-0.2, 0) is 28.7 Å². The van der Waals surface area contributed by atoms with Crippen LogP contribution in [0.5, 0.6) is 11.5 Å². The lowest BCUT2D eigenvalue weighted by Gasteiger charge is -2.30. The maximum absolute atomic E-state index is 13.7. The van der Waals surface area contributed by atoms with Crippen LogP contribution in [0.1, 0.15) is 143 Å². The van der Waals surface area contributed by atoms with Crippen LogP contribution in [0.4, 0.5) is 0 Å². The van der Waals surface area contributed by atoms with E-state index in [9.17, 15) is 19.2 Å². The second-order valence-electron chi connectivity index (χ2n) is 20.3. The monoisotopic (exact) mass is 872 g/mol. The number of hydrogen-bond donors (Lipinski definition) is 0. The first kappa shape index (κ1) is 45.8. The molecule has 0 aliphatic carbocycles. The molecule has 0 saturated carbocycles. The second kappa shape index (κ2) is 18.6. The van der Waals surface area contributed by atoms with E-state index in [1.54, 1.807) is 0 Å². The minimum absolute atomic E-state index is 0.0188. The van der Waals surface area contributed by atoms with Gasteiger partial charge in [0.2, 0.25) is 11.8 Å². The van der Waals surface area contributed by atoms with E-state index in [1.807, 2.05) is 86.0 Å². The molecular formula is C54H68N2O8. The van der Waals surface area contributed by atoms with E-state index in [4.69, 9.17) is 18.9 Å². The second-order valence-corrected chi connectivity index (χ2v) is 20.3. The predicted molar refractivity (Wildman–Crippen MR) is 249 cm³/mol. The van der Waals surface area contributed by atoms with Crippen LogP contribution in [0, 0.1) is 23.7 Å². The molecule has 0 spiro atoms. The van der Waals surface area contributed by atoms with E-state index in [1.165, 1.54) is 0 Å². The number of esters is 2. The summed E-state index contributed by atoms with van der Waals surface area (Å²) in [6.45, 7) is 17.4. The van der Waals surface area contributed by atoms with Crippen molar-refractivity contribution in [1.29, 1.82) is 0 Å². The molecular weight excluding hydrogens is 805 g/mol. The van der Waals surface area contributed by atoms with Crippen LogP contribution >= 0.6 is 0 Å². The Bertz CT molecular complexity index is 2220. The third-order valence-corrected chi connectivity index (χ3v) is 14.6. The molecule has 6 atom stereocenters. The topological polar surface area (TPSA) is 112 Å². The molecule has 4 aromatic rings. The lowest BCUT2D eigenvalue weighted by atomic mass is 9.77. The fourth-order valence-electron chi connectivity index (χ4n) is 11.7. The van der Waals surface area contributed by atoms with Gasteiger partial charge in [0.05, 0.1) is 25.3 Å². The summed E-state index contributed by atoms with van der Waals surface area (Å²) in [4.78, 5) is 57.5. The zero-order chi connectivity index (χ0) is 45.5. The third kappa shape index (κ3) is 8.69. The van der Waals surface area contributed by atoms with E-state index in [-0.39, 0.29) is 71.3 Å². The lowest BCUT2D eigenvalue weighted by molar-refractivity contribution is -0.147. The first-order chi connectivity index (χ1) is 30.6. The molecule has 0 N–H and O–H groups in total. The van der Waals surface area contributed by atoms with Gasteiger partial charge in [0.25, 0.3) is 0 Å². The molecule has 4 heterocycles. The van der Waals surface area contributed by atoms with E-state index in [0.29, 0.717) is 37.6 Å². The molecule has 4 fully saturated rings. The number of rotatable bonds is 17. The van der Waals surface area contributed by atoms with Crippen LogP contribution < -0.4 is 9.47 Å². The van der Waals surface area contributed by atoms with Crippen LogP contribution in [0.15, 0.2) is 72.8 Å². The Balaban J connectivity index is 0.764. The van der Waals surface area contributed by atoms with Crippen LogP contribution in [0.25, 0.3) is 21.5 Å². The van der Waals surface area contributed by atoms with Gasteiger partial charge in [0.1, 0.15) is 22.9 Å². The van der Waals surface area contributed by atoms with Crippen LogP contribution in [0.2, 0.25) is 0 Å². The number of benzene rings is 4. The molecule has 0 aromatic heterocycles. The van der Waals surface area contributed by atoms with Crippen molar-refractivity contribution in [1.82, 2.24) is 9.80 Å². The first-order valence-corrected chi connectivity index (χ1v) is 24.0. The van der Waals surface area contributed by atoms with Gasteiger partial charge < -0.3 is 28.7 Å². The van der Waals surface area contributed by atoms with Crippen molar-refractivity contribution in [2.45, 2.75) is 155 Å². The summed E-state index contributed by atoms with van der Waals surface area (Å²) in [6.07, 6.45) is 8.42. The molecule has 10 nitrogen and oxygen atoms in total. The summed E-state index contributed by atoms with van der Waals surface area (Å²) in [5.41, 5.74) is 0.942. The average Bonchev–Trinajstić information content (AvgIpc) is 3.95. The Hall–Kier alpha value is -4.80. The Kier molecular flexibility index (Phi) is 13.3. The van der Waals surface area contributed by atoms with E-state index in [0.717, 1.165) is 84.0 Å². The van der Waals surface area contributed by atoms with E-state index >= 15 is 0 Å². The van der Waals surface area contributed by atoms with E-state index in [2.05, 4.69) is 52.0 Å². The van der Waals surface area contributed by atoms with Crippen molar-refractivity contribution in [2.75, 3.05) is 13.2 Å². The number of hydrogen-bond acceptors (Lipinski definition) is 8. The van der Waals surface area contributed by atoms with Gasteiger partial charge in [-0.2, -0.15) is 0 Å². The Morgan fingerprint density at radius 2 is 0.891 bits per heavy atom. The summed E-state index contributed by atoms with van der Waals surface area (Å²) in [5, 5.41) is 3.79. The van der Waals surface area contributed by atoms with Crippen molar-refractivity contribution in [3.63, 3.8) is 0 Å². The number of carbonyl (C=O) groups excluding carboxylic acids is 4. The van der Waals surface area contributed by atoms with Gasteiger partial charge in [-0.1, -0.05) is 127 Å². The molecule has 2 amide bonds. The van der Waals surface area contributed by atoms with Gasteiger partial charge in [0, 0.05) is 47.3 Å². The highest BCUT2D eigenvalue weighted by Gasteiger charge is 2.59. The Morgan fingerprint density at radius 1 is 0.547 bits per heavy atom. The summed E-state index contributed by atoms with van der Waals surface area (Å²) < 4.78 is 24.2. The van der Waals surface area contributed by atoms with Crippen molar-refractivity contribution in [3.05, 3.63) is 83.9 Å². The zero-order valence-electron chi connectivity index (χ0n) is 39.2.